The molecule has 0 radical (unpaired) electrons. The van der Waals surface area contributed by atoms with E-state index in [4.69, 9.17) is 22.2 Å². The van der Waals surface area contributed by atoms with Crippen LogP contribution in [0, 0.1) is 9.39 Å². The Balaban J connectivity index is 2.22. The van der Waals surface area contributed by atoms with Crippen LogP contribution in [0.25, 0.3) is 0 Å². The SMILES string of the molecule is COc1ccc(CC(NN)c2ccc(I)c(Cl)c2)cc1F. The van der Waals surface area contributed by atoms with E-state index in [1.54, 1.807) is 6.07 Å². The van der Waals surface area contributed by atoms with Gasteiger partial charge in [-0.3, -0.25) is 11.3 Å². The van der Waals surface area contributed by atoms with Crippen LogP contribution in [-0.4, -0.2) is 7.11 Å². The quantitative estimate of drug-likeness (QED) is 0.439. The van der Waals surface area contributed by atoms with E-state index in [0.717, 1.165) is 14.7 Å². The van der Waals surface area contributed by atoms with Gasteiger partial charge in [0.1, 0.15) is 0 Å². The van der Waals surface area contributed by atoms with Crippen molar-refractivity contribution in [3.63, 3.8) is 0 Å². The summed E-state index contributed by atoms with van der Waals surface area (Å²) in [5, 5.41) is 0.675. The van der Waals surface area contributed by atoms with Crippen LogP contribution in [0.3, 0.4) is 0 Å². The van der Waals surface area contributed by atoms with Crippen LogP contribution in [0.15, 0.2) is 36.4 Å². The summed E-state index contributed by atoms with van der Waals surface area (Å²) >= 11 is 8.30. The molecule has 1 atom stereocenters. The number of hydrogen-bond donors (Lipinski definition) is 2. The maximum Gasteiger partial charge on any atom is 0.165 e. The van der Waals surface area contributed by atoms with Gasteiger partial charge in [-0.1, -0.05) is 23.7 Å². The highest BCUT2D eigenvalue weighted by molar-refractivity contribution is 14.1. The summed E-state index contributed by atoms with van der Waals surface area (Å²) in [5.74, 6) is 5.47. The average molecular weight is 421 g/mol. The Labute approximate surface area is 141 Å². The monoisotopic (exact) mass is 420 g/mol. The minimum absolute atomic E-state index is 0.146. The molecule has 0 spiro atoms. The number of rotatable bonds is 5. The fourth-order valence-corrected chi connectivity index (χ4v) is 2.60. The van der Waals surface area contributed by atoms with Gasteiger partial charge in [-0.25, -0.2) is 4.39 Å². The predicted octanol–water partition coefficient (Wildman–Crippen LogP) is 3.84. The first-order chi connectivity index (χ1) is 10.0. The Kier molecular flexibility index (Phi) is 5.80. The van der Waals surface area contributed by atoms with Crippen LogP contribution in [0.1, 0.15) is 17.2 Å². The van der Waals surface area contributed by atoms with Crippen LogP contribution >= 0.6 is 34.2 Å². The van der Waals surface area contributed by atoms with E-state index in [9.17, 15) is 4.39 Å². The van der Waals surface area contributed by atoms with Crippen LogP contribution in [0.4, 0.5) is 4.39 Å². The standard InChI is InChI=1S/C15H15ClFIN2O/c1-21-15-5-2-9(6-12(15)17)7-14(20-19)10-3-4-13(18)11(16)8-10/h2-6,8,14,20H,7,19H2,1H3. The van der Waals surface area contributed by atoms with Gasteiger partial charge in [0, 0.05) is 3.57 Å². The van der Waals surface area contributed by atoms with E-state index < -0.39 is 0 Å². The van der Waals surface area contributed by atoms with Gasteiger partial charge in [0.2, 0.25) is 0 Å². The molecule has 3 N–H and O–H groups in total. The second-order valence-corrected chi connectivity index (χ2v) is 6.14. The molecule has 21 heavy (non-hydrogen) atoms. The molecule has 2 aromatic rings. The molecule has 0 saturated heterocycles. The zero-order chi connectivity index (χ0) is 15.4. The third-order valence-electron chi connectivity index (χ3n) is 3.20. The van der Waals surface area contributed by atoms with Gasteiger partial charge in [-0.05, 0) is 64.4 Å². The zero-order valence-electron chi connectivity index (χ0n) is 11.4. The molecule has 0 aliphatic carbocycles. The normalized spacial score (nSPS) is 12.2. The van der Waals surface area contributed by atoms with E-state index in [1.165, 1.54) is 13.2 Å². The van der Waals surface area contributed by atoms with Gasteiger partial charge in [-0.2, -0.15) is 0 Å². The number of ether oxygens (including phenoxy) is 1. The summed E-state index contributed by atoms with van der Waals surface area (Å²) in [7, 11) is 1.44. The topological polar surface area (TPSA) is 47.3 Å². The largest absolute Gasteiger partial charge is 0.494 e. The van der Waals surface area contributed by atoms with Crippen molar-refractivity contribution in [1.82, 2.24) is 5.43 Å². The van der Waals surface area contributed by atoms with E-state index >= 15 is 0 Å². The predicted molar refractivity (Wildman–Crippen MR) is 90.9 cm³/mol. The van der Waals surface area contributed by atoms with E-state index in [0.29, 0.717) is 11.4 Å². The zero-order valence-corrected chi connectivity index (χ0v) is 14.3. The second-order valence-electron chi connectivity index (χ2n) is 4.57. The minimum Gasteiger partial charge on any atom is -0.494 e. The molecule has 2 rings (SSSR count). The van der Waals surface area contributed by atoms with Gasteiger partial charge in [-0.15, -0.1) is 0 Å². The van der Waals surface area contributed by atoms with Gasteiger partial charge in [0.25, 0.3) is 0 Å². The lowest BCUT2D eigenvalue weighted by Gasteiger charge is -2.17. The molecule has 1 unspecified atom stereocenters. The van der Waals surface area contributed by atoms with E-state index in [2.05, 4.69) is 28.0 Å². The molecule has 112 valence electrons. The van der Waals surface area contributed by atoms with Crippen molar-refractivity contribution < 1.29 is 9.13 Å². The molecule has 0 amide bonds. The maximum atomic E-state index is 13.7. The molecule has 3 nitrogen and oxygen atoms in total. The third-order valence-corrected chi connectivity index (χ3v) is 4.78. The lowest BCUT2D eigenvalue weighted by atomic mass is 9.99. The molecule has 0 heterocycles. The first-order valence-corrected chi connectivity index (χ1v) is 7.74. The van der Waals surface area contributed by atoms with E-state index in [-0.39, 0.29) is 17.6 Å². The summed E-state index contributed by atoms with van der Waals surface area (Å²) in [5.41, 5.74) is 4.53. The fraction of sp³-hybridized carbons (Fsp3) is 0.200. The highest BCUT2D eigenvalue weighted by Crippen LogP contribution is 2.26. The highest BCUT2D eigenvalue weighted by Gasteiger charge is 2.13. The molecule has 0 saturated carbocycles. The molecule has 0 aromatic heterocycles. The van der Waals surface area contributed by atoms with Crippen LogP contribution in [0.5, 0.6) is 5.75 Å². The number of halogens is 3. The maximum absolute atomic E-state index is 13.7. The Morgan fingerprint density at radius 3 is 2.67 bits per heavy atom. The van der Waals surface area contributed by atoms with Crippen molar-refractivity contribution in [2.24, 2.45) is 5.84 Å². The molecule has 0 fully saturated rings. The van der Waals surface area contributed by atoms with Crippen LogP contribution < -0.4 is 16.0 Å². The molecular weight excluding hydrogens is 406 g/mol. The van der Waals surface area contributed by atoms with Gasteiger partial charge in [0.15, 0.2) is 11.6 Å². The number of hydrazine groups is 1. The summed E-state index contributed by atoms with van der Waals surface area (Å²) in [6.07, 6.45) is 0.550. The highest BCUT2D eigenvalue weighted by atomic mass is 127. The Morgan fingerprint density at radius 1 is 1.33 bits per heavy atom. The van der Waals surface area contributed by atoms with Crippen molar-refractivity contribution >= 4 is 34.2 Å². The minimum atomic E-state index is -0.383. The van der Waals surface area contributed by atoms with Crippen molar-refractivity contribution in [1.29, 1.82) is 0 Å². The Morgan fingerprint density at radius 2 is 2.10 bits per heavy atom. The number of hydrogen-bond acceptors (Lipinski definition) is 3. The number of benzene rings is 2. The summed E-state index contributed by atoms with van der Waals surface area (Å²) in [6, 6.07) is 10.5. The van der Waals surface area contributed by atoms with Crippen molar-refractivity contribution in [2.45, 2.75) is 12.5 Å². The number of nitrogens with one attached hydrogen (secondary N) is 1. The number of nitrogens with two attached hydrogens (primary N) is 1. The molecule has 6 heteroatoms. The van der Waals surface area contributed by atoms with Gasteiger partial charge >= 0.3 is 0 Å². The molecule has 2 aromatic carbocycles. The lowest BCUT2D eigenvalue weighted by Crippen LogP contribution is -2.29. The first-order valence-electron chi connectivity index (χ1n) is 6.28. The Hall–Kier alpha value is -0.890. The molecule has 0 aliphatic rings. The molecular formula is C15H15ClFIN2O. The summed E-state index contributed by atoms with van der Waals surface area (Å²) in [6.45, 7) is 0. The van der Waals surface area contributed by atoms with Crippen molar-refractivity contribution in [3.8, 4) is 5.75 Å². The lowest BCUT2D eigenvalue weighted by molar-refractivity contribution is 0.386. The molecule has 0 aliphatic heterocycles. The van der Waals surface area contributed by atoms with Crippen LogP contribution in [0.2, 0.25) is 5.02 Å². The smallest absolute Gasteiger partial charge is 0.165 e. The van der Waals surface area contributed by atoms with Gasteiger partial charge < -0.3 is 4.74 Å². The van der Waals surface area contributed by atoms with Crippen molar-refractivity contribution in [3.05, 3.63) is 61.9 Å². The summed E-state index contributed by atoms with van der Waals surface area (Å²) in [4.78, 5) is 0. The third kappa shape index (κ3) is 4.06. The second kappa shape index (κ2) is 7.40. The molecule has 0 bridgehead atoms. The van der Waals surface area contributed by atoms with Crippen LogP contribution in [-0.2, 0) is 6.42 Å². The fourth-order valence-electron chi connectivity index (χ4n) is 2.07. The van der Waals surface area contributed by atoms with Gasteiger partial charge in [0.05, 0.1) is 18.2 Å². The summed E-state index contributed by atoms with van der Waals surface area (Å²) < 4.78 is 19.6. The van der Waals surface area contributed by atoms with Crippen molar-refractivity contribution in [2.75, 3.05) is 7.11 Å². The Bertz CT molecular complexity index is 639. The number of methoxy groups -OCH3 is 1. The first kappa shape index (κ1) is 16.5. The van der Waals surface area contributed by atoms with E-state index in [1.807, 2.05) is 24.3 Å². The average Bonchev–Trinajstić information content (AvgIpc) is 2.48.